The third kappa shape index (κ3) is 0.888. The second-order valence-corrected chi connectivity index (χ2v) is 5.71. The average molecular weight is 199 g/mol. The van der Waals surface area contributed by atoms with E-state index >= 15 is 0 Å². The molecule has 1 N–H and O–H groups in total. The summed E-state index contributed by atoms with van der Waals surface area (Å²) >= 11 is 4.72. The number of hydrogen-bond donors (Lipinski definition) is 2. The Kier molecular flexibility index (Phi) is 1.76. The van der Waals surface area contributed by atoms with Crippen LogP contribution in [-0.4, -0.2) is 15.7 Å². The zero-order valence-electron chi connectivity index (χ0n) is 8.41. The number of oxime groups is 1. The van der Waals surface area contributed by atoms with Gasteiger partial charge in [0.05, 0.1) is 10.5 Å². The molecule has 0 saturated heterocycles. The lowest BCUT2D eigenvalue weighted by molar-refractivity contribution is 0.310. The van der Waals surface area contributed by atoms with Gasteiger partial charge in [-0.3, -0.25) is 0 Å². The number of nitrogens with zero attached hydrogens (tertiary/aromatic N) is 1. The smallest absolute Gasteiger partial charge is 0.0765 e. The summed E-state index contributed by atoms with van der Waals surface area (Å²) in [6.07, 6.45) is 2.35. The molecule has 0 radical (unpaired) electrons. The molecule has 2 fully saturated rings. The van der Waals surface area contributed by atoms with Crippen LogP contribution in [0.15, 0.2) is 5.16 Å². The topological polar surface area (TPSA) is 32.6 Å². The van der Waals surface area contributed by atoms with Gasteiger partial charge in [0.25, 0.3) is 0 Å². The minimum absolute atomic E-state index is 0.126. The Morgan fingerprint density at radius 1 is 1.46 bits per heavy atom. The van der Waals surface area contributed by atoms with E-state index in [4.69, 9.17) is 17.8 Å². The molecule has 0 aromatic rings. The Morgan fingerprint density at radius 2 is 2.08 bits per heavy atom. The van der Waals surface area contributed by atoms with Gasteiger partial charge >= 0.3 is 0 Å². The molecule has 2 aliphatic carbocycles. The van der Waals surface area contributed by atoms with Gasteiger partial charge in [-0.2, -0.15) is 12.6 Å². The third-order valence-corrected chi connectivity index (χ3v) is 5.24. The van der Waals surface area contributed by atoms with Crippen molar-refractivity contribution in [2.45, 2.75) is 38.4 Å². The summed E-state index contributed by atoms with van der Waals surface area (Å²) in [6, 6.07) is 0. The lowest BCUT2D eigenvalue weighted by Gasteiger charge is -2.24. The van der Waals surface area contributed by atoms with E-state index in [0.717, 1.165) is 12.1 Å². The van der Waals surface area contributed by atoms with Gasteiger partial charge in [0.1, 0.15) is 0 Å². The number of fused-ring (bicyclic) bond motifs is 1. The van der Waals surface area contributed by atoms with E-state index in [1.807, 2.05) is 0 Å². The monoisotopic (exact) mass is 199 g/mol. The standard InChI is InChI=1S/C10H17NOS/c1-6-4-5-7-9(2,3)10(7,13)8(6)11-12/h6-7,12-13H,4-5H2,1-3H3. The first-order chi connectivity index (χ1) is 5.96. The highest BCUT2D eigenvalue weighted by Gasteiger charge is 2.73. The van der Waals surface area contributed by atoms with Crippen molar-refractivity contribution in [1.29, 1.82) is 0 Å². The molecule has 3 heteroatoms. The first-order valence-corrected chi connectivity index (χ1v) is 5.35. The molecule has 13 heavy (non-hydrogen) atoms. The molecule has 0 heterocycles. The zero-order chi connectivity index (χ0) is 9.85. The molecule has 2 nitrogen and oxygen atoms in total. The molecule has 2 saturated carbocycles. The van der Waals surface area contributed by atoms with Crippen LogP contribution in [0.2, 0.25) is 0 Å². The zero-order valence-corrected chi connectivity index (χ0v) is 9.30. The Hall–Kier alpha value is -0.180. The molecule has 0 spiro atoms. The number of thiol groups is 1. The summed E-state index contributed by atoms with van der Waals surface area (Å²) in [5, 5.41) is 12.5. The van der Waals surface area contributed by atoms with Crippen LogP contribution in [0.3, 0.4) is 0 Å². The van der Waals surface area contributed by atoms with Crippen LogP contribution in [-0.2, 0) is 0 Å². The summed E-state index contributed by atoms with van der Waals surface area (Å²) in [7, 11) is 0. The minimum atomic E-state index is -0.126. The van der Waals surface area contributed by atoms with Gasteiger partial charge in [-0.1, -0.05) is 25.9 Å². The Labute approximate surface area is 84.8 Å². The molecule has 0 aromatic carbocycles. The van der Waals surface area contributed by atoms with Crippen LogP contribution >= 0.6 is 12.6 Å². The molecule has 3 atom stereocenters. The molecule has 2 aliphatic rings. The second kappa shape index (κ2) is 2.44. The maximum absolute atomic E-state index is 9.00. The predicted molar refractivity (Wildman–Crippen MR) is 56.6 cm³/mol. The fraction of sp³-hybridized carbons (Fsp3) is 0.900. The fourth-order valence-corrected chi connectivity index (χ4v) is 3.84. The summed E-state index contributed by atoms with van der Waals surface area (Å²) in [4.78, 5) is 0. The highest BCUT2D eigenvalue weighted by atomic mass is 32.1. The van der Waals surface area contributed by atoms with Crippen LogP contribution in [0.25, 0.3) is 0 Å². The maximum atomic E-state index is 9.00. The van der Waals surface area contributed by atoms with E-state index in [1.54, 1.807) is 0 Å². The van der Waals surface area contributed by atoms with Gasteiger partial charge in [0, 0.05) is 0 Å². The molecule has 2 rings (SSSR count). The Balaban J connectivity index is 2.37. The summed E-state index contributed by atoms with van der Waals surface area (Å²) in [5.41, 5.74) is 1.11. The van der Waals surface area contributed by atoms with Gasteiger partial charge in [-0.15, -0.1) is 0 Å². The van der Waals surface area contributed by atoms with Crippen molar-refractivity contribution in [3.8, 4) is 0 Å². The molecule has 74 valence electrons. The van der Waals surface area contributed by atoms with Crippen molar-refractivity contribution in [1.82, 2.24) is 0 Å². The predicted octanol–water partition coefficient (Wildman–Crippen LogP) is 2.57. The van der Waals surface area contributed by atoms with Gasteiger partial charge in [0.2, 0.25) is 0 Å². The van der Waals surface area contributed by atoms with Crippen LogP contribution in [0, 0.1) is 17.3 Å². The highest BCUT2D eigenvalue weighted by Crippen LogP contribution is 2.71. The normalized spacial score (nSPS) is 50.3. The SMILES string of the molecule is CC1CCC2C(C)(C)C2(S)C1=NO. The van der Waals surface area contributed by atoms with Crippen molar-refractivity contribution < 1.29 is 5.21 Å². The fourth-order valence-electron chi connectivity index (χ4n) is 3.03. The maximum Gasteiger partial charge on any atom is 0.0765 e. The van der Waals surface area contributed by atoms with E-state index in [0.29, 0.717) is 11.8 Å². The van der Waals surface area contributed by atoms with Gasteiger partial charge in [-0.05, 0) is 30.1 Å². The lowest BCUT2D eigenvalue weighted by atomic mass is 9.88. The van der Waals surface area contributed by atoms with E-state index in [2.05, 4.69) is 25.9 Å². The van der Waals surface area contributed by atoms with Crippen molar-refractivity contribution >= 4 is 18.3 Å². The molecule has 3 unspecified atom stereocenters. The lowest BCUT2D eigenvalue weighted by Crippen LogP contribution is -2.32. The van der Waals surface area contributed by atoms with Crippen LogP contribution < -0.4 is 0 Å². The second-order valence-electron chi connectivity index (χ2n) is 5.00. The van der Waals surface area contributed by atoms with Gasteiger partial charge < -0.3 is 5.21 Å². The van der Waals surface area contributed by atoms with Gasteiger partial charge in [0.15, 0.2) is 0 Å². The quantitative estimate of drug-likeness (QED) is 0.351. The van der Waals surface area contributed by atoms with Crippen molar-refractivity contribution in [2.24, 2.45) is 22.4 Å². The summed E-state index contributed by atoms with van der Waals surface area (Å²) < 4.78 is -0.126. The first kappa shape index (κ1) is 9.38. The molecule has 0 amide bonds. The van der Waals surface area contributed by atoms with E-state index < -0.39 is 0 Å². The summed E-state index contributed by atoms with van der Waals surface area (Å²) in [6.45, 7) is 6.55. The molecule has 0 aromatic heterocycles. The van der Waals surface area contributed by atoms with Crippen LogP contribution in [0.1, 0.15) is 33.6 Å². The molecule has 0 bridgehead atoms. The highest BCUT2D eigenvalue weighted by molar-refractivity contribution is 7.83. The van der Waals surface area contributed by atoms with E-state index in [1.165, 1.54) is 6.42 Å². The molecular weight excluding hydrogens is 182 g/mol. The van der Waals surface area contributed by atoms with Gasteiger partial charge in [-0.25, -0.2) is 0 Å². The number of hydrogen-bond acceptors (Lipinski definition) is 3. The largest absolute Gasteiger partial charge is 0.411 e. The molecular formula is C10H17NOS. The van der Waals surface area contributed by atoms with Crippen molar-refractivity contribution in [3.63, 3.8) is 0 Å². The van der Waals surface area contributed by atoms with E-state index in [9.17, 15) is 0 Å². The number of rotatable bonds is 0. The average Bonchev–Trinajstić information content (AvgIpc) is 2.46. The Morgan fingerprint density at radius 3 is 2.54 bits per heavy atom. The van der Waals surface area contributed by atoms with Crippen molar-refractivity contribution in [2.75, 3.05) is 0 Å². The third-order valence-electron chi connectivity index (χ3n) is 4.13. The first-order valence-electron chi connectivity index (χ1n) is 4.91. The Bertz CT molecular complexity index is 274. The summed E-state index contributed by atoms with van der Waals surface area (Å²) in [5.74, 6) is 0.992. The molecule has 0 aliphatic heterocycles. The van der Waals surface area contributed by atoms with E-state index in [-0.39, 0.29) is 10.2 Å². The minimum Gasteiger partial charge on any atom is -0.411 e. The van der Waals surface area contributed by atoms with Crippen molar-refractivity contribution in [3.05, 3.63) is 0 Å². The van der Waals surface area contributed by atoms with Crippen LogP contribution in [0.5, 0.6) is 0 Å². The van der Waals surface area contributed by atoms with Crippen LogP contribution in [0.4, 0.5) is 0 Å².